The molecule has 2 rings (SSSR count). The fourth-order valence-electron chi connectivity index (χ4n) is 1.46. The highest BCUT2D eigenvalue weighted by molar-refractivity contribution is 5.94. The maximum atomic E-state index is 11.9. The Bertz CT molecular complexity index is 521. The van der Waals surface area contributed by atoms with Gasteiger partial charge in [-0.2, -0.15) is 5.10 Å². The Balaban J connectivity index is 2.02. The van der Waals surface area contributed by atoms with Gasteiger partial charge in [-0.1, -0.05) is 0 Å². The van der Waals surface area contributed by atoms with E-state index in [2.05, 4.69) is 20.5 Å². The van der Waals surface area contributed by atoms with Gasteiger partial charge in [-0.05, 0) is 18.2 Å². The average Bonchev–Trinajstić information content (AvgIpc) is 2.89. The molecule has 94 valence electrons. The first kappa shape index (κ1) is 12.1. The number of hydrogen-bond donors (Lipinski definition) is 2. The molecule has 0 atom stereocenters. The molecule has 0 aliphatic carbocycles. The Hall–Kier alpha value is -2.37. The fraction of sp³-hybridized carbons (Fsp3) is 0.250. The molecule has 6 heteroatoms. The number of anilines is 1. The van der Waals surface area contributed by atoms with Crippen molar-refractivity contribution in [2.24, 2.45) is 0 Å². The summed E-state index contributed by atoms with van der Waals surface area (Å²) in [6.07, 6.45) is 3.28. The van der Waals surface area contributed by atoms with Crippen molar-refractivity contribution in [2.75, 3.05) is 19.0 Å². The quantitative estimate of drug-likeness (QED) is 0.835. The molecule has 0 aliphatic rings. The lowest BCUT2D eigenvalue weighted by Gasteiger charge is -2.12. The number of nitrogens with one attached hydrogen (secondary N) is 2. The van der Waals surface area contributed by atoms with E-state index in [9.17, 15) is 4.79 Å². The van der Waals surface area contributed by atoms with E-state index in [0.29, 0.717) is 12.1 Å². The van der Waals surface area contributed by atoms with Gasteiger partial charge in [-0.15, -0.1) is 0 Å². The topological polar surface area (TPSA) is 73.9 Å². The van der Waals surface area contributed by atoms with E-state index in [0.717, 1.165) is 11.5 Å². The van der Waals surface area contributed by atoms with Crippen LogP contribution in [0, 0.1) is 0 Å². The molecular weight excluding hydrogens is 230 g/mol. The molecule has 0 spiro atoms. The number of aromatic nitrogens is 3. The van der Waals surface area contributed by atoms with Crippen LogP contribution >= 0.6 is 0 Å². The second kappa shape index (κ2) is 5.31. The molecule has 18 heavy (non-hydrogen) atoms. The van der Waals surface area contributed by atoms with Gasteiger partial charge < -0.3 is 10.2 Å². The Labute approximate surface area is 105 Å². The molecule has 0 saturated heterocycles. The van der Waals surface area contributed by atoms with Crippen molar-refractivity contribution in [1.82, 2.24) is 20.5 Å². The van der Waals surface area contributed by atoms with Crippen molar-refractivity contribution in [3.63, 3.8) is 0 Å². The minimum atomic E-state index is -0.130. The Morgan fingerprint density at radius 3 is 2.89 bits per heavy atom. The maximum Gasteiger partial charge on any atom is 0.251 e. The number of carbonyl (C=O) groups excluding carboxylic acids is 1. The van der Waals surface area contributed by atoms with Gasteiger partial charge in [0.15, 0.2) is 0 Å². The van der Waals surface area contributed by atoms with Crippen LogP contribution in [0.15, 0.2) is 30.6 Å². The molecule has 0 saturated carbocycles. The predicted octanol–water partition coefficient (Wildman–Crippen LogP) is 0.801. The van der Waals surface area contributed by atoms with E-state index in [1.807, 2.05) is 25.1 Å². The highest BCUT2D eigenvalue weighted by Gasteiger charge is 2.07. The summed E-state index contributed by atoms with van der Waals surface area (Å²) in [6, 6.07) is 5.26. The minimum absolute atomic E-state index is 0.130. The first-order valence-electron chi connectivity index (χ1n) is 5.56. The van der Waals surface area contributed by atoms with Gasteiger partial charge in [-0.3, -0.25) is 9.89 Å². The molecule has 2 aromatic rings. The van der Waals surface area contributed by atoms with E-state index in [-0.39, 0.29) is 5.91 Å². The van der Waals surface area contributed by atoms with Gasteiger partial charge in [0.1, 0.15) is 5.82 Å². The number of H-pyrrole nitrogens is 1. The molecule has 2 N–H and O–H groups in total. The smallest absolute Gasteiger partial charge is 0.251 e. The number of aromatic amines is 1. The normalized spacial score (nSPS) is 10.1. The zero-order chi connectivity index (χ0) is 13.0. The summed E-state index contributed by atoms with van der Waals surface area (Å²) in [6.45, 7) is 0.429. The van der Waals surface area contributed by atoms with Crippen LogP contribution in [0.1, 0.15) is 16.1 Å². The summed E-state index contributed by atoms with van der Waals surface area (Å²) < 4.78 is 0. The number of nitrogens with zero attached hydrogens (tertiary/aromatic N) is 3. The van der Waals surface area contributed by atoms with Gasteiger partial charge in [-0.25, -0.2) is 4.98 Å². The van der Waals surface area contributed by atoms with Crippen LogP contribution < -0.4 is 10.2 Å². The molecule has 2 aromatic heterocycles. The Kier molecular flexibility index (Phi) is 3.57. The van der Waals surface area contributed by atoms with Crippen LogP contribution in [0.5, 0.6) is 0 Å². The van der Waals surface area contributed by atoms with Crippen LogP contribution in [-0.2, 0) is 6.54 Å². The second-order valence-electron chi connectivity index (χ2n) is 4.06. The third-order valence-electron chi connectivity index (χ3n) is 2.46. The fourth-order valence-corrected chi connectivity index (χ4v) is 1.46. The largest absolute Gasteiger partial charge is 0.363 e. The Morgan fingerprint density at radius 2 is 2.22 bits per heavy atom. The van der Waals surface area contributed by atoms with Crippen LogP contribution in [0.2, 0.25) is 0 Å². The zero-order valence-electron chi connectivity index (χ0n) is 10.3. The number of rotatable bonds is 4. The first-order valence-corrected chi connectivity index (χ1v) is 5.56. The van der Waals surface area contributed by atoms with Gasteiger partial charge in [0, 0.05) is 32.1 Å². The van der Waals surface area contributed by atoms with Crippen LogP contribution in [0.4, 0.5) is 5.82 Å². The third-order valence-corrected chi connectivity index (χ3v) is 2.46. The lowest BCUT2D eigenvalue weighted by atomic mass is 10.2. The molecule has 0 unspecified atom stereocenters. The maximum absolute atomic E-state index is 11.9. The molecule has 0 aromatic carbocycles. The highest BCUT2D eigenvalue weighted by atomic mass is 16.1. The lowest BCUT2D eigenvalue weighted by molar-refractivity contribution is 0.0950. The average molecular weight is 245 g/mol. The molecule has 0 aliphatic heterocycles. The highest BCUT2D eigenvalue weighted by Crippen LogP contribution is 2.09. The number of carbonyl (C=O) groups is 1. The number of amides is 1. The molecule has 2 heterocycles. The summed E-state index contributed by atoms with van der Waals surface area (Å²) in [4.78, 5) is 17.9. The molecule has 6 nitrogen and oxygen atoms in total. The minimum Gasteiger partial charge on any atom is -0.363 e. The summed E-state index contributed by atoms with van der Waals surface area (Å²) in [7, 11) is 3.77. The van der Waals surface area contributed by atoms with Gasteiger partial charge in [0.05, 0.1) is 12.2 Å². The van der Waals surface area contributed by atoms with Crippen molar-refractivity contribution in [2.45, 2.75) is 6.54 Å². The third kappa shape index (κ3) is 2.85. The summed E-state index contributed by atoms with van der Waals surface area (Å²) in [5.74, 6) is 0.624. The molecule has 0 bridgehead atoms. The van der Waals surface area contributed by atoms with Crippen molar-refractivity contribution in [1.29, 1.82) is 0 Å². The Morgan fingerprint density at radius 1 is 1.39 bits per heavy atom. The van der Waals surface area contributed by atoms with E-state index in [1.165, 1.54) is 0 Å². The van der Waals surface area contributed by atoms with E-state index in [4.69, 9.17) is 0 Å². The predicted molar refractivity (Wildman–Crippen MR) is 68.3 cm³/mol. The number of pyridine rings is 1. The van der Waals surface area contributed by atoms with Crippen molar-refractivity contribution < 1.29 is 4.79 Å². The summed E-state index contributed by atoms with van der Waals surface area (Å²) >= 11 is 0. The van der Waals surface area contributed by atoms with Crippen LogP contribution in [-0.4, -0.2) is 35.2 Å². The van der Waals surface area contributed by atoms with Gasteiger partial charge in [0.2, 0.25) is 0 Å². The SMILES string of the molecule is CN(C)c1cc(C(=O)NCc2ccn[nH]2)ccn1. The molecule has 1 amide bonds. The molecule has 0 radical (unpaired) electrons. The molecular formula is C12H15N5O. The first-order chi connectivity index (χ1) is 8.66. The van der Waals surface area contributed by atoms with Crippen molar-refractivity contribution >= 4 is 11.7 Å². The van der Waals surface area contributed by atoms with E-state index in [1.54, 1.807) is 24.5 Å². The summed E-state index contributed by atoms with van der Waals surface area (Å²) in [5.41, 5.74) is 1.46. The van der Waals surface area contributed by atoms with Gasteiger partial charge >= 0.3 is 0 Å². The van der Waals surface area contributed by atoms with E-state index >= 15 is 0 Å². The van der Waals surface area contributed by atoms with Crippen LogP contribution in [0.3, 0.4) is 0 Å². The molecule has 0 fully saturated rings. The van der Waals surface area contributed by atoms with Crippen molar-refractivity contribution in [3.05, 3.63) is 41.9 Å². The standard InChI is InChI=1S/C12H15N5O/c1-17(2)11-7-9(3-5-13-11)12(18)14-8-10-4-6-15-16-10/h3-7H,8H2,1-2H3,(H,14,18)(H,15,16). The van der Waals surface area contributed by atoms with Crippen LogP contribution in [0.25, 0.3) is 0 Å². The van der Waals surface area contributed by atoms with Crippen molar-refractivity contribution in [3.8, 4) is 0 Å². The van der Waals surface area contributed by atoms with E-state index < -0.39 is 0 Å². The summed E-state index contributed by atoms with van der Waals surface area (Å²) in [5, 5.41) is 9.42. The monoisotopic (exact) mass is 245 g/mol. The zero-order valence-corrected chi connectivity index (χ0v) is 10.3. The lowest BCUT2D eigenvalue weighted by Crippen LogP contribution is -2.23. The number of hydrogen-bond acceptors (Lipinski definition) is 4. The second-order valence-corrected chi connectivity index (χ2v) is 4.06. The van der Waals surface area contributed by atoms with Gasteiger partial charge in [0.25, 0.3) is 5.91 Å².